The van der Waals surface area contributed by atoms with Crippen molar-refractivity contribution in [3.05, 3.63) is 42.4 Å². The Morgan fingerprint density at radius 2 is 2.05 bits per heavy atom. The molecule has 0 saturated carbocycles. The van der Waals surface area contributed by atoms with E-state index in [9.17, 15) is 0 Å². The lowest BCUT2D eigenvalue weighted by Gasteiger charge is -2.22. The zero-order chi connectivity index (χ0) is 15.2. The first-order valence-electron chi connectivity index (χ1n) is 7.19. The molecule has 1 fully saturated rings. The average Bonchev–Trinajstić information content (AvgIpc) is 2.61. The molecule has 1 atom stereocenters. The van der Waals surface area contributed by atoms with Crippen molar-refractivity contribution in [3.63, 3.8) is 0 Å². The second kappa shape index (κ2) is 7.31. The van der Waals surface area contributed by atoms with Gasteiger partial charge >= 0.3 is 0 Å². The summed E-state index contributed by atoms with van der Waals surface area (Å²) in [5, 5.41) is 9.10. The van der Waals surface area contributed by atoms with Crippen LogP contribution in [0.25, 0.3) is 11.3 Å². The third kappa shape index (κ3) is 3.79. The van der Waals surface area contributed by atoms with Crippen LogP contribution in [0.3, 0.4) is 0 Å². The van der Waals surface area contributed by atoms with Crippen molar-refractivity contribution in [2.45, 2.75) is 12.7 Å². The van der Waals surface area contributed by atoms with Gasteiger partial charge in [-0.25, -0.2) is 4.98 Å². The quantitative estimate of drug-likeness (QED) is 0.900. The van der Waals surface area contributed by atoms with E-state index in [0.717, 1.165) is 17.0 Å². The van der Waals surface area contributed by atoms with E-state index < -0.39 is 0 Å². The molecule has 1 aliphatic rings. The molecule has 1 unspecified atom stereocenters. The van der Waals surface area contributed by atoms with Crippen LogP contribution >= 0.6 is 0 Å². The van der Waals surface area contributed by atoms with Crippen LogP contribution in [0.4, 0.5) is 0 Å². The summed E-state index contributed by atoms with van der Waals surface area (Å²) < 4.78 is 16.6. The van der Waals surface area contributed by atoms with Crippen LogP contribution in [-0.4, -0.2) is 47.6 Å². The van der Waals surface area contributed by atoms with Crippen LogP contribution in [0.5, 0.6) is 5.75 Å². The van der Waals surface area contributed by atoms with Gasteiger partial charge in [0.15, 0.2) is 0 Å². The Bertz CT molecular complexity index is 597. The van der Waals surface area contributed by atoms with E-state index in [4.69, 9.17) is 19.3 Å². The molecule has 1 aliphatic heterocycles. The van der Waals surface area contributed by atoms with Crippen molar-refractivity contribution in [1.29, 1.82) is 0 Å². The van der Waals surface area contributed by atoms with Crippen LogP contribution in [0.1, 0.15) is 5.69 Å². The van der Waals surface area contributed by atoms with Gasteiger partial charge in [0.05, 0.1) is 50.2 Å². The second-order valence-electron chi connectivity index (χ2n) is 4.96. The number of ether oxygens (including phenoxy) is 3. The SMILES string of the molecule is OCc1cncc(-c2ccc(OCC3COCCO3)cc2)n1. The molecule has 1 N–H and O–H groups in total. The van der Waals surface area contributed by atoms with Crippen molar-refractivity contribution < 1.29 is 19.3 Å². The number of aromatic nitrogens is 2. The number of rotatable bonds is 5. The van der Waals surface area contributed by atoms with E-state index in [1.165, 1.54) is 0 Å². The zero-order valence-electron chi connectivity index (χ0n) is 12.1. The van der Waals surface area contributed by atoms with Crippen molar-refractivity contribution in [2.24, 2.45) is 0 Å². The molecule has 1 saturated heterocycles. The second-order valence-corrected chi connectivity index (χ2v) is 4.96. The topological polar surface area (TPSA) is 73.7 Å². The number of nitrogens with zero attached hydrogens (tertiary/aromatic N) is 2. The van der Waals surface area contributed by atoms with E-state index >= 15 is 0 Å². The van der Waals surface area contributed by atoms with Crippen LogP contribution in [0.2, 0.25) is 0 Å². The molecule has 0 amide bonds. The molecule has 0 bridgehead atoms. The maximum Gasteiger partial charge on any atom is 0.119 e. The first-order chi connectivity index (χ1) is 10.8. The Hall–Kier alpha value is -2.02. The number of hydrogen-bond donors (Lipinski definition) is 1. The standard InChI is InChI=1S/C16H18N2O4/c19-9-13-7-17-8-16(18-13)12-1-3-14(4-2-12)22-11-15-10-20-5-6-21-15/h1-4,7-8,15,19H,5-6,9-11H2. The van der Waals surface area contributed by atoms with Crippen molar-refractivity contribution in [3.8, 4) is 17.0 Å². The predicted molar refractivity (Wildman–Crippen MR) is 79.4 cm³/mol. The fourth-order valence-corrected chi connectivity index (χ4v) is 2.17. The molecular weight excluding hydrogens is 284 g/mol. The van der Waals surface area contributed by atoms with Gasteiger partial charge in [-0.05, 0) is 24.3 Å². The van der Waals surface area contributed by atoms with Gasteiger partial charge in [-0.3, -0.25) is 4.98 Å². The highest BCUT2D eigenvalue weighted by Gasteiger charge is 2.14. The molecule has 1 aromatic heterocycles. The normalized spacial score (nSPS) is 18.1. The molecule has 3 rings (SSSR count). The number of hydrogen-bond acceptors (Lipinski definition) is 6. The summed E-state index contributed by atoms with van der Waals surface area (Å²) in [6.45, 7) is 2.19. The molecule has 0 aliphatic carbocycles. The minimum Gasteiger partial charge on any atom is -0.491 e. The Morgan fingerprint density at radius 3 is 2.77 bits per heavy atom. The summed E-state index contributed by atoms with van der Waals surface area (Å²) in [4.78, 5) is 8.39. The Labute approximate surface area is 128 Å². The fourth-order valence-electron chi connectivity index (χ4n) is 2.17. The maximum atomic E-state index is 9.10. The smallest absolute Gasteiger partial charge is 0.119 e. The van der Waals surface area contributed by atoms with E-state index in [1.807, 2.05) is 24.3 Å². The van der Waals surface area contributed by atoms with Gasteiger partial charge in [0.25, 0.3) is 0 Å². The van der Waals surface area contributed by atoms with Gasteiger partial charge in [0, 0.05) is 5.56 Å². The molecule has 6 nitrogen and oxygen atoms in total. The van der Waals surface area contributed by atoms with Gasteiger partial charge in [0.1, 0.15) is 18.5 Å². The van der Waals surface area contributed by atoms with Crippen molar-refractivity contribution >= 4 is 0 Å². The summed E-state index contributed by atoms with van der Waals surface area (Å²) in [7, 11) is 0. The molecule has 2 aromatic rings. The molecule has 1 aromatic carbocycles. The highest BCUT2D eigenvalue weighted by molar-refractivity contribution is 5.59. The lowest BCUT2D eigenvalue weighted by Crippen LogP contribution is -2.33. The van der Waals surface area contributed by atoms with Crippen LogP contribution in [0, 0.1) is 0 Å². The Balaban J connectivity index is 1.61. The Morgan fingerprint density at radius 1 is 1.18 bits per heavy atom. The van der Waals surface area contributed by atoms with Gasteiger partial charge in [-0.1, -0.05) is 0 Å². The van der Waals surface area contributed by atoms with E-state index in [0.29, 0.717) is 32.1 Å². The molecule has 22 heavy (non-hydrogen) atoms. The molecule has 2 heterocycles. The van der Waals surface area contributed by atoms with Crippen LogP contribution in [0.15, 0.2) is 36.7 Å². The van der Waals surface area contributed by atoms with Gasteiger partial charge in [-0.15, -0.1) is 0 Å². The van der Waals surface area contributed by atoms with Crippen LogP contribution in [-0.2, 0) is 16.1 Å². The molecule has 0 radical (unpaired) electrons. The molecule has 116 valence electrons. The number of aliphatic hydroxyl groups excluding tert-OH is 1. The fraction of sp³-hybridized carbons (Fsp3) is 0.375. The molecule has 0 spiro atoms. The highest BCUT2D eigenvalue weighted by Crippen LogP contribution is 2.20. The number of benzene rings is 1. The van der Waals surface area contributed by atoms with E-state index in [1.54, 1.807) is 12.4 Å². The lowest BCUT2D eigenvalue weighted by atomic mass is 10.1. The molecule has 6 heteroatoms. The zero-order valence-corrected chi connectivity index (χ0v) is 12.1. The maximum absolute atomic E-state index is 9.10. The monoisotopic (exact) mass is 302 g/mol. The number of aliphatic hydroxyl groups is 1. The van der Waals surface area contributed by atoms with Gasteiger partial charge in [-0.2, -0.15) is 0 Å². The Kier molecular flexibility index (Phi) is 4.95. The van der Waals surface area contributed by atoms with Crippen LogP contribution < -0.4 is 4.74 Å². The minimum absolute atomic E-state index is 0.0134. The van der Waals surface area contributed by atoms with E-state index in [2.05, 4.69) is 9.97 Å². The highest BCUT2D eigenvalue weighted by atomic mass is 16.6. The van der Waals surface area contributed by atoms with Crippen molar-refractivity contribution in [1.82, 2.24) is 9.97 Å². The van der Waals surface area contributed by atoms with Gasteiger partial charge in [0.2, 0.25) is 0 Å². The summed E-state index contributed by atoms with van der Waals surface area (Å²) in [5.74, 6) is 0.768. The predicted octanol–water partition coefficient (Wildman–Crippen LogP) is 1.43. The summed E-state index contributed by atoms with van der Waals surface area (Å²) >= 11 is 0. The molecular formula is C16H18N2O4. The minimum atomic E-state index is -0.120. The summed E-state index contributed by atoms with van der Waals surface area (Å²) in [6.07, 6.45) is 3.20. The van der Waals surface area contributed by atoms with Crippen molar-refractivity contribution in [2.75, 3.05) is 26.4 Å². The third-order valence-corrected chi connectivity index (χ3v) is 3.32. The summed E-state index contributed by atoms with van der Waals surface area (Å²) in [6, 6.07) is 7.59. The van der Waals surface area contributed by atoms with E-state index in [-0.39, 0.29) is 12.7 Å². The van der Waals surface area contributed by atoms with Gasteiger partial charge < -0.3 is 19.3 Å². The average molecular weight is 302 g/mol. The third-order valence-electron chi connectivity index (χ3n) is 3.32. The summed E-state index contributed by atoms with van der Waals surface area (Å²) in [5.41, 5.74) is 2.20. The first-order valence-corrected chi connectivity index (χ1v) is 7.19. The largest absolute Gasteiger partial charge is 0.491 e. The lowest BCUT2D eigenvalue weighted by molar-refractivity contribution is -0.101. The first kappa shape index (κ1) is 14.9.